The number of aliphatic hydroxyl groups excluding tert-OH is 1. The zero-order valence-corrected chi connectivity index (χ0v) is 11.3. The molecule has 0 fully saturated rings. The number of nitrogens with one attached hydrogen (secondary N) is 1. The Morgan fingerprint density at radius 3 is 2.39 bits per heavy atom. The summed E-state index contributed by atoms with van der Waals surface area (Å²) in [5.41, 5.74) is 0.513. The Hall–Kier alpha value is -1.11. The lowest BCUT2D eigenvalue weighted by Crippen LogP contribution is -2.22. The summed E-state index contributed by atoms with van der Waals surface area (Å²) in [5, 5.41) is 11.8. The lowest BCUT2D eigenvalue weighted by molar-refractivity contribution is -0.114. The Kier molecular flexibility index (Phi) is 5.13. The zero-order valence-electron chi connectivity index (χ0n) is 9.76. The third-order valence-corrected chi connectivity index (χ3v) is 4.29. The fourth-order valence-corrected chi connectivity index (χ4v) is 2.95. The summed E-state index contributed by atoms with van der Waals surface area (Å²) in [4.78, 5) is 10.9. The summed E-state index contributed by atoms with van der Waals surface area (Å²) < 4.78 is 23.7. The molecule has 0 saturated heterocycles. The lowest BCUT2D eigenvalue weighted by atomic mass is 10.3. The fraction of sp³-hybridized carbons (Fsp3) is 0.364. The Morgan fingerprint density at radius 2 is 1.94 bits per heavy atom. The standard InChI is InChI=1S/C11H14ClNO4S/c1-8(14)13-9-2-4-11(5-3-9)18(16,17)7-10(15)6-12/h2-5,10,15H,6-7H2,1H3,(H,13,14). The molecule has 0 aromatic heterocycles. The molecule has 0 aliphatic rings. The topological polar surface area (TPSA) is 83.5 Å². The first-order chi connectivity index (χ1) is 8.35. The first kappa shape index (κ1) is 14.9. The third-order valence-electron chi connectivity index (χ3n) is 2.12. The predicted octanol–water partition coefficient (Wildman–Crippen LogP) is 1.02. The molecule has 0 saturated carbocycles. The van der Waals surface area contributed by atoms with Crippen LogP contribution in [0.15, 0.2) is 29.2 Å². The molecule has 5 nitrogen and oxygen atoms in total. The van der Waals surface area contributed by atoms with E-state index in [1.54, 1.807) is 0 Å². The molecule has 0 heterocycles. The van der Waals surface area contributed by atoms with E-state index < -0.39 is 21.7 Å². The number of carbonyl (C=O) groups excluding carboxylic acids is 1. The van der Waals surface area contributed by atoms with E-state index in [0.29, 0.717) is 5.69 Å². The first-order valence-corrected chi connectivity index (χ1v) is 7.38. The van der Waals surface area contributed by atoms with Gasteiger partial charge in [-0.15, -0.1) is 11.6 Å². The Bertz CT molecular complexity index is 512. The van der Waals surface area contributed by atoms with Gasteiger partial charge in [-0.25, -0.2) is 8.42 Å². The molecule has 7 heteroatoms. The molecule has 2 N–H and O–H groups in total. The van der Waals surface area contributed by atoms with Crippen molar-refractivity contribution in [1.29, 1.82) is 0 Å². The number of amides is 1. The molecule has 0 spiro atoms. The molecule has 0 bridgehead atoms. The summed E-state index contributed by atoms with van der Waals surface area (Å²) in [5.74, 6) is -0.790. The molecule has 1 atom stereocenters. The van der Waals surface area contributed by atoms with Crippen molar-refractivity contribution in [2.75, 3.05) is 16.9 Å². The van der Waals surface area contributed by atoms with Crippen LogP contribution in [0.3, 0.4) is 0 Å². The van der Waals surface area contributed by atoms with Crippen LogP contribution >= 0.6 is 11.6 Å². The van der Waals surface area contributed by atoms with Crippen molar-refractivity contribution in [2.24, 2.45) is 0 Å². The van der Waals surface area contributed by atoms with Gasteiger partial charge in [0.05, 0.1) is 16.8 Å². The van der Waals surface area contributed by atoms with Crippen molar-refractivity contribution in [3.05, 3.63) is 24.3 Å². The van der Waals surface area contributed by atoms with Gasteiger partial charge in [-0.2, -0.15) is 0 Å². The number of carbonyl (C=O) groups is 1. The zero-order chi connectivity index (χ0) is 13.8. The normalized spacial score (nSPS) is 13.1. The number of aliphatic hydroxyl groups is 1. The molecule has 1 amide bonds. The molecule has 1 unspecified atom stereocenters. The number of sulfone groups is 1. The van der Waals surface area contributed by atoms with Crippen LogP contribution in [0.2, 0.25) is 0 Å². The van der Waals surface area contributed by atoms with Crippen LogP contribution in [-0.2, 0) is 14.6 Å². The average molecular weight is 292 g/mol. The maximum Gasteiger partial charge on any atom is 0.221 e. The number of hydrogen-bond acceptors (Lipinski definition) is 4. The second kappa shape index (κ2) is 6.17. The van der Waals surface area contributed by atoms with Crippen molar-refractivity contribution < 1.29 is 18.3 Å². The van der Waals surface area contributed by atoms with E-state index >= 15 is 0 Å². The van der Waals surface area contributed by atoms with E-state index in [1.165, 1.54) is 31.2 Å². The van der Waals surface area contributed by atoms with Crippen molar-refractivity contribution in [2.45, 2.75) is 17.9 Å². The number of anilines is 1. The van der Waals surface area contributed by atoms with Crippen molar-refractivity contribution in [3.8, 4) is 0 Å². The van der Waals surface area contributed by atoms with Gasteiger partial charge < -0.3 is 10.4 Å². The second-order valence-corrected chi connectivity index (χ2v) is 6.14. The highest BCUT2D eigenvalue weighted by Gasteiger charge is 2.19. The highest BCUT2D eigenvalue weighted by Crippen LogP contribution is 2.16. The maximum atomic E-state index is 11.8. The van der Waals surface area contributed by atoms with Gasteiger partial charge >= 0.3 is 0 Å². The van der Waals surface area contributed by atoms with Gasteiger partial charge in [0.15, 0.2) is 9.84 Å². The largest absolute Gasteiger partial charge is 0.391 e. The van der Waals surface area contributed by atoms with Gasteiger partial charge in [0, 0.05) is 18.5 Å². The van der Waals surface area contributed by atoms with Crippen LogP contribution in [0.25, 0.3) is 0 Å². The highest BCUT2D eigenvalue weighted by atomic mass is 35.5. The third kappa shape index (κ3) is 4.29. The molecule has 0 radical (unpaired) electrons. The number of benzene rings is 1. The maximum absolute atomic E-state index is 11.8. The summed E-state index contributed by atoms with van der Waals surface area (Å²) in [6.07, 6.45) is -1.09. The SMILES string of the molecule is CC(=O)Nc1ccc(S(=O)(=O)CC(O)CCl)cc1. The van der Waals surface area contributed by atoms with Gasteiger partial charge in [0.2, 0.25) is 5.91 Å². The molecule has 18 heavy (non-hydrogen) atoms. The number of halogens is 1. The van der Waals surface area contributed by atoms with Crippen LogP contribution in [0.5, 0.6) is 0 Å². The highest BCUT2D eigenvalue weighted by molar-refractivity contribution is 7.91. The molecule has 100 valence electrons. The van der Waals surface area contributed by atoms with Crippen LogP contribution in [0.1, 0.15) is 6.92 Å². The molecule has 1 rings (SSSR count). The molecule has 1 aromatic carbocycles. The summed E-state index contributed by atoms with van der Waals surface area (Å²) in [6, 6.07) is 5.73. The van der Waals surface area contributed by atoms with E-state index in [9.17, 15) is 18.3 Å². The van der Waals surface area contributed by atoms with E-state index in [-0.39, 0.29) is 16.7 Å². The molecule has 0 aliphatic carbocycles. The van der Waals surface area contributed by atoms with Crippen LogP contribution in [0, 0.1) is 0 Å². The fourth-order valence-electron chi connectivity index (χ4n) is 1.34. The minimum Gasteiger partial charge on any atom is -0.391 e. The summed E-state index contributed by atoms with van der Waals surface area (Å²) >= 11 is 5.37. The molecule has 0 aliphatic heterocycles. The van der Waals surface area contributed by atoms with Gasteiger partial charge in [-0.1, -0.05) is 0 Å². The van der Waals surface area contributed by atoms with Crippen LogP contribution in [-0.4, -0.2) is 37.2 Å². The molecular formula is C11H14ClNO4S. The number of rotatable bonds is 5. The smallest absolute Gasteiger partial charge is 0.221 e. The Balaban J connectivity index is 2.87. The quantitative estimate of drug-likeness (QED) is 0.793. The van der Waals surface area contributed by atoms with Gasteiger partial charge in [0.1, 0.15) is 0 Å². The second-order valence-electron chi connectivity index (χ2n) is 3.80. The van der Waals surface area contributed by atoms with Gasteiger partial charge in [-0.05, 0) is 24.3 Å². The minimum absolute atomic E-state index is 0.0840. The van der Waals surface area contributed by atoms with Gasteiger partial charge in [0.25, 0.3) is 0 Å². The van der Waals surface area contributed by atoms with E-state index in [1.807, 2.05) is 0 Å². The van der Waals surface area contributed by atoms with Gasteiger partial charge in [-0.3, -0.25) is 4.79 Å². The van der Waals surface area contributed by atoms with Crippen molar-refractivity contribution in [1.82, 2.24) is 0 Å². The summed E-state index contributed by atoms with van der Waals surface area (Å²) in [6.45, 7) is 1.36. The number of alkyl halides is 1. The van der Waals surface area contributed by atoms with Crippen molar-refractivity contribution in [3.63, 3.8) is 0 Å². The van der Waals surface area contributed by atoms with E-state index in [4.69, 9.17) is 11.6 Å². The Morgan fingerprint density at radius 1 is 1.39 bits per heavy atom. The Labute approximate surface area is 111 Å². The van der Waals surface area contributed by atoms with E-state index in [2.05, 4.69) is 5.32 Å². The van der Waals surface area contributed by atoms with E-state index in [0.717, 1.165) is 0 Å². The lowest BCUT2D eigenvalue weighted by Gasteiger charge is -2.09. The van der Waals surface area contributed by atoms with Crippen LogP contribution in [0.4, 0.5) is 5.69 Å². The predicted molar refractivity (Wildman–Crippen MR) is 69.5 cm³/mol. The first-order valence-electron chi connectivity index (χ1n) is 5.19. The number of hydrogen-bond donors (Lipinski definition) is 2. The molecule has 1 aromatic rings. The van der Waals surface area contributed by atoms with Crippen molar-refractivity contribution >= 4 is 33.0 Å². The summed E-state index contributed by atoms with van der Waals surface area (Å²) in [7, 11) is -3.56. The monoisotopic (exact) mass is 291 g/mol. The van der Waals surface area contributed by atoms with Crippen LogP contribution < -0.4 is 5.32 Å². The minimum atomic E-state index is -3.56. The average Bonchev–Trinajstić information content (AvgIpc) is 2.28. The molecular weight excluding hydrogens is 278 g/mol.